The van der Waals surface area contributed by atoms with E-state index in [1.54, 1.807) is 5.38 Å². The molecule has 2 amide bonds. The van der Waals surface area contributed by atoms with Crippen molar-refractivity contribution in [3.8, 4) is 0 Å². The summed E-state index contributed by atoms with van der Waals surface area (Å²) in [4.78, 5) is 22.5. The maximum absolute atomic E-state index is 11.7. The maximum Gasteiger partial charge on any atom is 0.338 e. The topological polar surface area (TPSA) is 98.7 Å². The lowest BCUT2D eigenvalue weighted by Crippen LogP contribution is -2.37. The molecule has 0 aromatic carbocycles. The molecule has 0 atom stereocenters. The first-order valence-electron chi connectivity index (χ1n) is 5.82. The van der Waals surface area contributed by atoms with E-state index in [1.807, 2.05) is 13.8 Å². The van der Waals surface area contributed by atoms with Crippen LogP contribution < -0.4 is 10.6 Å². The number of carbonyl (C=O) groups is 2. The Morgan fingerprint density at radius 1 is 1.42 bits per heavy atom. The third-order valence-electron chi connectivity index (χ3n) is 2.64. The molecule has 0 saturated heterocycles. The SMILES string of the molecule is CC(C)(CCO)CNC(=O)Nc1sccc1C(=O)O. The molecule has 19 heavy (non-hydrogen) atoms. The highest BCUT2D eigenvalue weighted by molar-refractivity contribution is 7.14. The molecular formula is C12H18N2O4S. The van der Waals surface area contributed by atoms with Crippen molar-refractivity contribution in [2.24, 2.45) is 5.41 Å². The van der Waals surface area contributed by atoms with Crippen molar-refractivity contribution < 1.29 is 19.8 Å². The number of aliphatic hydroxyl groups is 1. The second-order valence-corrected chi connectivity index (χ2v) is 5.83. The van der Waals surface area contributed by atoms with Crippen molar-refractivity contribution in [2.75, 3.05) is 18.5 Å². The molecule has 0 radical (unpaired) electrons. The van der Waals surface area contributed by atoms with Gasteiger partial charge in [0.25, 0.3) is 0 Å². The highest BCUT2D eigenvalue weighted by atomic mass is 32.1. The fourth-order valence-corrected chi connectivity index (χ4v) is 2.21. The van der Waals surface area contributed by atoms with Crippen LogP contribution in [0, 0.1) is 5.41 Å². The van der Waals surface area contributed by atoms with Crippen LogP contribution in [0.15, 0.2) is 11.4 Å². The van der Waals surface area contributed by atoms with Gasteiger partial charge in [0.1, 0.15) is 5.00 Å². The smallest absolute Gasteiger partial charge is 0.338 e. The van der Waals surface area contributed by atoms with Crippen LogP contribution in [0.4, 0.5) is 9.80 Å². The minimum atomic E-state index is -1.07. The Bertz CT molecular complexity index is 456. The predicted molar refractivity (Wildman–Crippen MR) is 73.8 cm³/mol. The number of carboxylic acids is 1. The normalized spacial score (nSPS) is 11.1. The summed E-state index contributed by atoms with van der Waals surface area (Å²) in [7, 11) is 0. The Morgan fingerprint density at radius 3 is 2.68 bits per heavy atom. The van der Waals surface area contributed by atoms with E-state index in [4.69, 9.17) is 10.2 Å². The van der Waals surface area contributed by atoms with E-state index < -0.39 is 12.0 Å². The third kappa shape index (κ3) is 4.88. The summed E-state index contributed by atoms with van der Waals surface area (Å²) in [6.07, 6.45) is 0.576. The standard InChI is InChI=1S/C12H18N2O4S/c1-12(2,4-5-15)7-13-11(18)14-9-8(10(16)17)3-6-19-9/h3,6,15H,4-5,7H2,1-2H3,(H,16,17)(H2,13,14,18). The molecule has 0 unspecified atom stereocenters. The van der Waals surface area contributed by atoms with E-state index in [9.17, 15) is 9.59 Å². The molecular weight excluding hydrogens is 268 g/mol. The number of urea groups is 1. The van der Waals surface area contributed by atoms with Gasteiger partial charge in [-0.25, -0.2) is 9.59 Å². The number of amides is 2. The van der Waals surface area contributed by atoms with Gasteiger partial charge >= 0.3 is 12.0 Å². The number of carbonyl (C=O) groups excluding carboxylic acids is 1. The zero-order valence-corrected chi connectivity index (χ0v) is 11.7. The lowest BCUT2D eigenvalue weighted by Gasteiger charge is -2.23. The molecule has 6 nitrogen and oxygen atoms in total. The van der Waals surface area contributed by atoms with Crippen molar-refractivity contribution in [3.05, 3.63) is 17.0 Å². The molecule has 1 rings (SSSR count). The van der Waals surface area contributed by atoms with Gasteiger partial charge in [-0.15, -0.1) is 11.3 Å². The molecule has 0 spiro atoms. The summed E-state index contributed by atoms with van der Waals surface area (Å²) in [6, 6.07) is 0.995. The zero-order chi connectivity index (χ0) is 14.5. The molecule has 0 aliphatic carbocycles. The Morgan fingerprint density at radius 2 is 2.11 bits per heavy atom. The van der Waals surface area contributed by atoms with Gasteiger partial charge < -0.3 is 15.5 Å². The minimum absolute atomic E-state index is 0.0599. The second kappa shape index (κ2) is 6.53. The number of hydrogen-bond acceptors (Lipinski definition) is 4. The van der Waals surface area contributed by atoms with Gasteiger partial charge in [0.15, 0.2) is 0 Å². The number of thiophene rings is 1. The van der Waals surface area contributed by atoms with Crippen LogP contribution >= 0.6 is 11.3 Å². The Hall–Kier alpha value is -1.60. The van der Waals surface area contributed by atoms with Gasteiger partial charge in [-0.3, -0.25) is 5.32 Å². The summed E-state index contributed by atoms with van der Waals surface area (Å²) in [5.41, 5.74) is -0.133. The molecule has 4 N–H and O–H groups in total. The molecule has 0 fully saturated rings. The van der Waals surface area contributed by atoms with E-state index >= 15 is 0 Å². The number of hydrogen-bond donors (Lipinski definition) is 4. The lowest BCUT2D eigenvalue weighted by molar-refractivity contribution is 0.0698. The van der Waals surface area contributed by atoms with Gasteiger partial charge in [-0.2, -0.15) is 0 Å². The van der Waals surface area contributed by atoms with Gasteiger partial charge in [0.05, 0.1) is 5.56 Å². The molecule has 0 aliphatic rings. The van der Waals surface area contributed by atoms with E-state index in [2.05, 4.69) is 10.6 Å². The number of aromatic carboxylic acids is 1. The van der Waals surface area contributed by atoms with Crippen LogP contribution in [0.2, 0.25) is 0 Å². The first-order chi connectivity index (χ1) is 8.85. The first-order valence-corrected chi connectivity index (χ1v) is 6.70. The minimum Gasteiger partial charge on any atom is -0.478 e. The molecule has 0 aliphatic heterocycles. The highest BCUT2D eigenvalue weighted by Crippen LogP contribution is 2.23. The second-order valence-electron chi connectivity index (χ2n) is 4.91. The van der Waals surface area contributed by atoms with Crippen molar-refractivity contribution in [2.45, 2.75) is 20.3 Å². The van der Waals surface area contributed by atoms with E-state index in [0.29, 0.717) is 18.0 Å². The zero-order valence-electron chi connectivity index (χ0n) is 10.9. The Kier molecular flexibility index (Phi) is 5.31. The highest BCUT2D eigenvalue weighted by Gasteiger charge is 2.19. The van der Waals surface area contributed by atoms with Crippen LogP contribution in [0.5, 0.6) is 0 Å². The monoisotopic (exact) mass is 286 g/mol. The summed E-state index contributed by atoms with van der Waals surface area (Å²) in [6.45, 7) is 4.31. The number of anilines is 1. The molecule has 0 bridgehead atoms. The Balaban J connectivity index is 2.52. The molecule has 1 heterocycles. The fraction of sp³-hybridized carbons (Fsp3) is 0.500. The molecule has 7 heteroatoms. The molecule has 1 aromatic rings. The molecule has 0 saturated carbocycles. The van der Waals surface area contributed by atoms with Crippen molar-refractivity contribution in [1.29, 1.82) is 0 Å². The summed E-state index contributed by atoms with van der Waals surface area (Å²) < 4.78 is 0. The largest absolute Gasteiger partial charge is 0.478 e. The van der Waals surface area contributed by atoms with E-state index in [0.717, 1.165) is 11.3 Å². The van der Waals surface area contributed by atoms with Gasteiger partial charge in [0, 0.05) is 13.2 Å². The van der Waals surface area contributed by atoms with E-state index in [1.165, 1.54) is 6.07 Å². The lowest BCUT2D eigenvalue weighted by atomic mass is 9.90. The summed E-state index contributed by atoms with van der Waals surface area (Å²) >= 11 is 1.16. The first kappa shape index (κ1) is 15.5. The van der Waals surface area contributed by atoms with Crippen LogP contribution in [-0.4, -0.2) is 35.4 Å². The maximum atomic E-state index is 11.7. The van der Waals surface area contributed by atoms with Crippen molar-refractivity contribution >= 4 is 28.3 Å². The van der Waals surface area contributed by atoms with Crippen molar-refractivity contribution in [1.82, 2.24) is 5.32 Å². The van der Waals surface area contributed by atoms with Crippen LogP contribution in [-0.2, 0) is 0 Å². The van der Waals surface area contributed by atoms with Crippen LogP contribution in [0.1, 0.15) is 30.6 Å². The number of aliphatic hydroxyl groups excluding tert-OH is 1. The van der Waals surface area contributed by atoms with E-state index in [-0.39, 0.29) is 17.6 Å². The number of nitrogens with one attached hydrogen (secondary N) is 2. The summed E-state index contributed by atoms with van der Waals surface area (Å²) in [5, 5.41) is 24.9. The van der Waals surface area contributed by atoms with Gasteiger partial charge in [0.2, 0.25) is 0 Å². The van der Waals surface area contributed by atoms with Crippen LogP contribution in [0.3, 0.4) is 0 Å². The van der Waals surface area contributed by atoms with Crippen molar-refractivity contribution in [3.63, 3.8) is 0 Å². The number of carboxylic acid groups (broad SMARTS) is 1. The predicted octanol–water partition coefficient (Wildman–Crippen LogP) is 1.98. The summed E-state index contributed by atoms with van der Waals surface area (Å²) in [5.74, 6) is -1.07. The molecule has 106 valence electrons. The average molecular weight is 286 g/mol. The van der Waals surface area contributed by atoms with Crippen LogP contribution in [0.25, 0.3) is 0 Å². The fourth-order valence-electron chi connectivity index (χ4n) is 1.43. The average Bonchev–Trinajstić information content (AvgIpc) is 2.75. The number of rotatable bonds is 6. The third-order valence-corrected chi connectivity index (χ3v) is 3.47. The quantitative estimate of drug-likeness (QED) is 0.642. The Labute approximate surface area is 115 Å². The van der Waals surface area contributed by atoms with Gasteiger partial charge in [-0.1, -0.05) is 13.8 Å². The molecule has 1 aromatic heterocycles. The van der Waals surface area contributed by atoms with Gasteiger partial charge in [-0.05, 0) is 23.3 Å².